The van der Waals surface area contributed by atoms with Gasteiger partial charge in [-0.2, -0.15) is 0 Å². The maximum absolute atomic E-state index is 9.16. The topological polar surface area (TPSA) is 38.7 Å². The van der Waals surface area contributed by atoms with Gasteiger partial charge in [-0.25, -0.2) is 0 Å². The molecule has 1 saturated heterocycles. The van der Waals surface area contributed by atoms with Crippen molar-refractivity contribution in [1.82, 2.24) is 0 Å². The minimum Gasteiger partial charge on any atom is -0.494 e. The standard InChI is InChI=1S/C14H20O3/c1-3-17-13-5-4-12(8-11(13)2)14(6-7-15)9-16-10-14/h4-5,8,15H,3,6-7,9-10H2,1-2H3. The fourth-order valence-corrected chi connectivity index (χ4v) is 2.31. The van der Waals surface area contributed by atoms with Gasteiger partial charge >= 0.3 is 0 Å². The molecule has 1 aromatic carbocycles. The molecule has 1 fully saturated rings. The van der Waals surface area contributed by atoms with Crippen LogP contribution in [0.2, 0.25) is 0 Å². The van der Waals surface area contributed by atoms with Crippen LogP contribution in [0.5, 0.6) is 5.75 Å². The van der Waals surface area contributed by atoms with Gasteiger partial charge in [0.25, 0.3) is 0 Å². The van der Waals surface area contributed by atoms with Crippen LogP contribution in [0.3, 0.4) is 0 Å². The van der Waals surface area contributed by atoms with Crippen molar-refractivity contribution in [3.05, 3.63) is 29.3 Å². The summed E-state index contributed by atoms with van der Waals surface area (Å²) in [6.45, 7) is 6.35. The molecule has 3 nitrogen and oxygen atoms in total. The summed E-state index contributed by atoms with van der Waals surface area (Å²) < 4.78 is 10.9. The summed E-state index contributed by atoms with van der Waals surface area (Å²) in [5, 5.41) is 9.16. The Morgan fingerprint density at radius 3 is 2.65 bits per heavy atom. The maximum Gasteiger partial charge on any atom is 0.122 e. The minimum atomic E-state index is 0.0181. The van der Waals surface area contributed by atoms with Gasteiger partial charge in [-0.15, -0.1) is 0 Å². The molecule has 94 valence electrons. The predicted octanol–water partition coefficient (Wildman–Crippen LogP) is 2.04. The summed E-state index contributed by atoms with van der Waals surface area (Å²) in [4.78, 5) is 0. The van der Waals surface area contributed by atoms with Gasteiger partial charge in [-0.05, 0) is 37.5 Å². The molecule has 0 unspecified atom stereocenters. The normalized spacial score (nSPS) is 17.6. The maximum atomic E-state index is 9.16. The number of hydrogen-bond donors (Lipinski definition) is 1. The molecule has 0 aliphatic carbocycles. The molecule has 0 amide bonds. The van der Waals surface area contributed by atoms with Gasteiger partial charge in [0.1, 0.15) is 5.75 Å². The average molecular weight is 236 g/mol. The number of aryl methyl sites for hydroxylation is 1. The monoisotopic (exact) mass is 236 g/mol. The van der Waals surface area contributed by atoms with Gasteiger partial charge in [-0.1, -0.05) is 12.1 Å². The third-order valence-electron chi connectivity index (χ3n) is 3.43. The molecule has 0 saturated carbocycles. The highest BCUT2D eigenvalue weighted by Crippen LogP contribution is 2.37. The lowest BCUT2D eigenvalue weighted by Gasteiger charge is -2.42. The Hall–Kier alpha value is -1.06. The number of hydrogen-bond acceptors (Lipinski definition) is 3. The Kier molecular flexibility index (Phi) is 3.69. The van der Waals surface area contributed by atoms with Crippen LogP contribution in [0.15, 0.2) is 18.2 Å². The lowest BCUT2D eigenvalue weighted by Crippen LogP contribution is -2.47. The smallest absolute Gasteiger partial charge is 0.122 e. The summed E-state index contributed by atoms with van der Waals surface area (Å²) in [5.41, 5.74) is 2.41. The van der Waals surface area contributed by atoms with E-state index in [4.69, 9.17) is 14.6 Å². The number of aliphatic hydroxyl groups excluding tert-OH is 1. The van der Waals surface area contributed by atoms with E-state index in [9.17, 15) is 0 Å². The van der Waals surface area contributed by atoms with E-state index < -0.39 is 0 Å². The zero-order valence-electron chi connectivity index (χ0n) is 10.5. The van der Waals surface area contributed by atoms with Crippen LogP contribution in [-0.2, 0) is 10.2 Å². The molecule has 1 N–H and O–H groups in total. The van der Waals surface area contributed by atoms with E-state index in [1.807, 2.05) is 13.0 Å². The quantitative estimate of drug-likeness (QED) is 0.850. The second-order valence-electron chi connectivity index (χ2n) is 4.66. The zero-order chi connectivity index (χ0) is 12.3. The first-order valence-electron chi connectivity index (χ1n) is 6.14. The molecule has 0 spiro atoms. The summed E-state index contributed by atoms with van der Waals surface area (Å²) in [6.07, 6.45) is 0.764. The molecule has 3 heteroatoms. The SMILES string of the molecule is CCOc1ccc(C2(CCO)COC2)cc1C. The summed E-state index contributed by atoms with van der Waals surface area (Å²) in [7, 11) is 0. The third kappa shape index (κ3) is 2.31. The molecular formula is C14H20O3. The minimum absolute atomic E-state index is 0.0181. The Labute approximate surface area is 102 Å². The fourth-order valence-electron chi connectivity index (χ4n) is 2.31. The summed E-state index contributed by atoms with van der Waals surface area (Å²) in [5.74, 6) is 0.940. The molecule has 1 aliphatic heterocycles. The Bertz CT molecular complexity index is 383. The number of ether oxygens (including phenoxy) is 2. The van der Waals surface area contributed by atoms with E-state index in [2.05, 4.69) is 19.1 Å². The van der Waals surface area contributed by atoms with Crippen molar-refractivity contribution in [2.24, 2.45) is 0 Å². The van der Waals surface area contributed by atoms with Gasteiger partial charge in [0.05, 0.1) is 19.8 Å². The van der Waals surface area contributed by atoms with Gasteiger partial charge in [0.2, 0.25) is 0 Å². The van der Waals surface area contributed by atoms with Crippen molar-refractivity contribution >= 4 is 0 Å². The zero-order valence-corrected chi connectivity index (χ0v) is 10.5. The highest BCUT2D eigenvalue weighted by Gasteiger charge is 2.39. The van der Waals surface area contributed by atoms with Gasteiger partial charge in [0, 0.05) is 12.0 Å². The van der Waals surface area contributed by atoms with Crippen LogP contribution < -0.4 is 4.74 Å². The summed E-state index contributed by atoms with van der Waals surface area (Å²) in [6, 6.07) is 6.27. The van der Waals surface area contributed by atoms with E-state index in [0.717, 1.165) is 17.7 Å². The summed E-state index contributed by atoms with van der Waals surface area (Å²) >= 11 is 0. The first-order chi connectivity index (χ1) is 8.22. The molecule has 1 aliphatic rings. The number of benzene rings is 1. The van der Waals surface area contributed by atoms with E-state index >= 15 is 0 Å². The molecular weight excluding hydrogens is 216 g/mol. The molecule has 0 bridgehead atoms. The highest BCUT2D eigenvalue weighted by molar-refractivity contribution is 5.40. The van der Waals surface area contributed by atoms with E-state index in [0.29, 0.717) is 19.8 Å². The number of aliphatic hydroxyl groups is 1. The van der Waals surface area contributed by atoms with Gasteiger partial charge in [-0.3, -0.25) is 0 Å². The van der Waals surface area contributed by atoms with Gasteiger partial charge < -0.3 is 14.6 Å². The molecule has 1 heterocycles. The van der Waals surface area contributed by atoms with E-state index in [1.54, 1.807) is 0 Å². The van der Waals surface area contributed by atoms with Crippen molar-refractivity contribution in [3.63, 3.8) is 0 Å². The Morgan fingerprint density at radius 2 is 2.18 bits per heavy atom. The Balaban J connectivity index is 2.24. The van der Waals surface area contributed by atoms with Crippen molar-refractivity contribution < 1.29 is 14.6 Å². The van der Waals surface area contributed by atoms with Crippen LogP contribution >= 0.6 is 0 Å². The molecule has 2 rings (SSSR count). The van der Waals surface area contributed by atoms with E-state index in [-0.39, 0.29) is 12.0 Å². The Morgan fingerprint density at radius 1 is 1.41 bits per heavy atom. The third-order valence-corrected chi connectivity index (χ3v) is 3.43. The molecule has 0 radical (unpaired) electrons. The molecule has 17 heavy (non-hydrogen) atoms. The largest absolute Gasteiger partial charge is 0.494 e. The van der Waals surface area contributed by atoms with Crippen molar-refractivity contribution in [2.45, 2.75) is 25.7 Å². The molecule has 0 aromatic heterocycles. The average Bonchev–Trinajstić information content (AvgIpc) is 2.27. The predicted molar refractivity (Wildman–Crippen MR) is 66.5 cm³/mol. The highest BCUT2D eigenvalue weighted by atomic mass is 16.5. The first-order valence-corrected chi connectivity index (χ1v) is 6.14. The van der Waals surface area contributed by atoms with Crippen LogP contribution in [-0.4, -0.2) is 31.5 Å². The van der Waals surface area contributed by atoms with Gasteiger partial charge in [0.15, 0.2) is 0 Å². The van der Waals surface area contributed by atoms with Crippen LogP contribution in [0.1, 0.15) is 24.5 Å². The van der Waals surface area contributed by atoms with Crippen molar-refractivity contribution in [2.75, 3.05) is 26.4 Å². The lowest BCUT2D eigenvalue weighted by molar-refractivity contribution is -0.0701. The second-order valence-corrected chi connectivity index (χ2v) is 4.66. The fraction of sp³-hybridized carbons (Fsp3) is 0.571. The van der Waals surface area contributed by atoms with Crippen molar-refractivity contribution in [3.8, 4) is 5.75 Å². The number of rotatable bonds is 5. The van der Waals surface area contributed by atoms with E-state index in [1.165, 1.54) is 5.56 Å². The second kappa shape index (κ2) is 5.07. The molecule has 0 atom stereocenters. The lowest BCUT2D eigenvalue weighted by atomic mass is 9.75. The van der Waals surface area contributed by atoms with Crippen LogP contribution in [0.25, 0.3) is 0 Å². The van der Waals surface area contributed by atoms with Crippen LogP contribution in [0, 0.1) is 6.92 Å². The molecule has 1 aromatic rings. The van der Waals surface area contributed by atoms with Crippen molar-refractivity contribution in [1.29, 1.82) is 0 Å². The first kappa shape index (κ1) is 12.4. The van der Waals surface area contributed by atoms with Crippen LogP contribution in [0.4, 0.5) is 0 Å².